The Bertz CT molecular complexity index is 1030. The molecule has 0 spiro atoms. The molecule has 10 heteroatoms. The zero-order chi connectivity index (χ0) is 21.1. The number of hydrogen-bond donors (Lipinski definition) is 0. The molecule has 0 fully saturated rings. The standard InChI is InChI=1S/C18H18N2O7S/c1-12-4-5-14(10-16(12)20(23)24)17(21)11-27-18(22)13-6-8-15(9-7-13)28(25,26)19(2)3/h4-10H,11H2,1-3H3. The number of esters is 1. The Morgan fingerprint density at radius 3 is 2.18 bits per heavy atom. The topological polar surface area (TPSA) is 124 Å². The van der Waals surface area contributed by atoms with Crippen molar-refractivity contribution in [1.29, 1.82) is 0 Å². The van der Waals surface area contributed by atoms with Crippen LogP contribution in [0.4, 0.5) is 5.69 Å². The number of ether oxygens (including phenoxy) is 1. The molecule has 0 bridgehead atoms. The highest BCUT2D eigenvalue weighted by Gasteiger charge is 2.19. The minimum atomic E-state index is -3.62. The van der Waals surface area contributed by atoms with Crippen molar-refractivity contribution in [2.75, 3.05) is 20.7 Å². The van der Waals surface area contributed by atoms with Crippen molar-refractivity contribution in [2.45, 2.75) is 11.8 Å². The third kappa shape index (κ3) is 4.59. The summed E-state index contributed by atoms with van der Waals surface area (Å²) < 4.78 is 30.0. The van der Waals surface area contributed by atoms with E-state index < -0.39 is 33.3 Å². The van der Waals surface area contributed by atoms with E-state index in [1.54, 1.807) is 6.92 Å². The minimum absolute atomic E-state index is 0.0112. The van der Waals surface area contributed by atoms with E-state index in [9.17, 15) is 28.1 Å². The van der Waals surface area contributed by atoms with E-state index in [0.29, 0.717) is 5.56 Å². The van der Waals surface area contributed by atoms with Gasteiger partial charge in [0.2, 0.25) is 15.8 Å². The number of nitrogens with zero attached hydrogens (tertiary/aromatic N) is 2. The van der Waals surface area contributed by atoms with Crippen LogP contribution >= 0.6 is 0 Å². The van der Waals surface area contributed by atoms with Crippen molar-refractivity contribution in [3.05, 3.63) is 69.3 Å². The monoisotopic (exact) mass is 406 g/mol. The van der Waals surface area contributed by atoms with Gasteiger partial charge < -0.3 is 4.74 Å². The minimum Gasteiger partial charge on any atom is -0.454 e. The maximum Gasteiger partial charge on any atom is 0.338 e. The summed E-state index contributed by atoms with van der Waals surface area (Å²) in [6, 6.07) is 9.07. The first-order valence-electron chi connectivity index (χ1n) is 8.02. The van der Waals surface area contributed by atoms with Gasteiger partial charge in [0.05, 0.1) is 15.4 Å². The molecule has 2 rings (SSSR count). The normalized spacial score (nSPS) is 11.3. The van der Waals surface area contributed by atoms with Gasteiger partial charge in [-0.05, 0) is 31.2 Å². The van der Waals surface area contributed by atoms with E-state index in [4.69, 9.17) is 4.74 Å². The number of rotatable bonds is 7. The van der Waals surface area contributed by atoms with Crippen molar-refractivity contribution in [1.82, 2.24) is 4.31 Å². The van der Waals surface area contributed by atoms with E-state index in [1.807, 2.05) is 0 Å². The van der Waals surface area contributed by atoms with Crippen LogP contribution in [0, 0.1) is 17.0 Å². The summed E-state index contributed by atoms with van der Waals surface area (Å²) in [4.78, 5) is 34.6. The number of carbonyl (C=O) groups is 2. The molecule has 0 amide bonds. The molecular weight excluding hydrogens is 388 g/mol. The van der Waals surface area contributed by atoms with Crippen molar-refractivity contribution < 1.29 is 27.7 Å². The number of ketones is 1. The Labute approximate surface area is 161 Å². The molecule has 0 radical (unpaired) electrons. The fourth-order valence-electron chi connectivity index (χ4n) is 2.25. The predicted octanol–water partition coefficient (Wildman–Crippen LogP) is 2.19. The van der Waals surface area contributed by atoms with Crippen molar-refractivity contribution in [2.24, 2.45) is 0 Å². The molecular formula is C18H18N2O7S. The second-order valence-corrected chi connectivity index (χ2v) is 8.22. The molecule has 9 nitrogen and oxygen atoms in total. The molecule has 148 valence electrons. The van der Waals surface area contributed by atoms with E-state index in [0.717, 1.165) is 10.4 Å². The molecule has 0 saturated heterocycles. The Morgan fingerprint density at radius 1 is 1.07 bits per heavy atom. The van der Waals surface area contributed by atoms with Crippen LogP contribution < -0.4 is 0 Å². The zero-order valence-electron chi connectivity index (χ0n) is 15.4. The maximum atomic E-state index is 12.1. The van der Waals surface area contributed by atoms with E-state index in [2.05, 4.69) is 0 Å². The first-order chi connectivity index (χ1) is 13.0. The fraction of sp³-hybridized carbons (Fsp3) is 0.222. The van der Waals surface area contributed by atoms with Crippen LogP contribution in [0.2, 0.25) is 0 Å². The molecule has 0 aliphatic carbocycles. The molecule has 28 heavy (non-hydrogen) atoms. The van der Waals surface area contributed by atoms with Gasteiger partial charge in [-0.1, -0.05) is 12.1 Å². The number of aryl methyl sites for hydroxylation is 1. The van der Waals surface area contributed by atoms with Crippen LogP contribution in [0.25, 0.3) is 0 Å². The van der Waals surface area contributed by atoms with Gasteiger partial charge >= 0.3 is 5.97 Å². The molecule has 0 N–H and O–H groups in total. The molecule has 0 unspecified atom stereocenters. The van der Waals surface area contributed by atoms with Crippen molar-refractivity contribution in [3.63, 3.8) is 0 Å². The second kappa shape index (κ2) is 8.28. The smallest absolute Gasteiger partial charge is 0.338 e. The second-order valence-electron chi connectivity index (χ2n) is 6.07. The van der Waals surface area contributed by atoms with Crippen LogP contribution in [0.1, 0.15) is 26.3 Å². The summed E-state index contributed by atoms with van der Waals surface area (Å²) in [7, 11) is -0.849. The Kier molecular flexibility index (Phi) is 6.26. The molecule has 0 aromatic heterocycles. The maximum absolute atomic E-state index is 12.1. The number of nitro benzene ring substituents is 1. The predicted molar refractivity (Wildman–Crippen MR) is 99.8 cm³/mol. The Balaban J connectivity index is 2.07. The van der Waals surface area contributed by atoms with Gasteiger partial charge in [0.25, 0.3) is 5.69 Å². The number of hydrogen-bond acceptors (Lipinski definition) is 7. The quantitative estimate of drug-likeness (QED) is 0.299. The lowest BCUT2D eigenvalue weighted by Crippen LogP contribution is -2.22. The third-order valence-corrected chi connectivity index (χ3v) is 5.76. The van der Waals surface area contributed by atoms with Gasteiger partial charge in [-0.2, -0.15) is 0 Å². The van der Waals surface area contributed by atoms with Crippen LogP contribution in [0.15, 0.2) is 47.4 Å². The lowest BCUT2D eigenvalue weighted by molar-refractivity contribution is -0.385. The third-order valence-electron chi connectivity index (χ3n) is 3.93. The fourth-order valence-corrected chi connectivity index (χ4v) is 3.15. The van der Waals surface area contributed by atoms with Crippen LogP contribution in [-0.4, -0.2) is 50.1 Å². The van der Waals surface area contributed by atoms with Gasteiger partial charge in [-0.25, -0.2) is 17.5 Å². The van der Waals surface area contributed by atoms with Crippen LogP contribution in [-0.2, 0) is 14.8 Å². The molecule has 0 aliphatic heterocycles. The Morgan fingerprint density at radius 2 is 1.64 bits per heavy atom. The summed E-state index contributed by atoms with van der Waals surface area (Å²) >= 11 is 0. The van der Waals surface area contributed by atoms with Crippen molar-refractivity contribution in [3.8, 4) is 0 Å². The highest BCUT2D eigenvalue weighted by molar-refractivity contribution is 7.89. The lowest BCUT2D eigenvalue weighted by Gasteiger charge is -2.11. The van der Waals surface area contributed by atoms with Crippen LogP contribution in [0.3, 0.4) is 0 Å². The number of nitro groups is 1. The van der Waals surface area contributed by atoms with Crippen LogP contribution in [0.5, 0.6) is 0 Å². The van der Waals surface area contributed by atoms with E-state index in [1.165, 1.54) is 50.5 Å². The first-order valence-corrected chi connectivity index (χ1v) is 9.46. The van der Waals surface area contributed by atoms with Gasteiger partial charge in [-0.3, -0.25) is 14.9 Å². The zero-order valence-corrected chi connectivity index (χ0v) is 16.2. The molecule has 0 saturated carbocycles. The average molecular weight is 406 g/mol. The van der Waals surface area contributed by atoms with Crippen molar-refractivity contribution >= 4 is 27.5 Å². The van der Waals surface area contributed by atoms with Gasteiger partial charge in [-0.15, -0.1) is 0 Å². The number of benzene rings is 2. The van der Waals surface area contributed by atoms with Gasteiger partial charge in [0.1, 0.15) is 0 Å². The summed E-state index contributed by atoms with van der Waals surface area (Å²) in [5.41, 5.74) is 0.332. The molecule has 2 aromatic carbocycles. The number of carbonyl (C=O) groups excluding carboxylic acids is 2. The summed E-state index contributed by atoms with van der Waals surface area (Å²) in [5, 5.41) is 11.0. The molecule has 0 atom stereocenters. The highest BCUT2D eigenvalue weighted by atomic mass is 32.2. The molecule has 0 heterocycles. The molecule has 0 aliphatic rings. The number of sulfonamides is 1. The average Bonchev–Trinajstić information content (AvgIpc) is 2.65. The lowest BCUT2D eigenvalue weighted by atomic mass is 10.1. The van der Waals surface area contributed by atoms with E-state index in [-0.39, 0.29) is 21.7 Å². The summed E-state index contributed by atoms with van der Waals surface area (Å²) in [6.07, 6.45) is 0. The molecule has 2 aromatic rings. The van der Waals surface area contributed by atoms with Gasteiger partial charge in [0.15, 0.2) is 6.61 Å². The first kappa shape index (κ1) is 21.2. The summed E-state index contributed by atoms with van der Waals surface area (Å²) in [5.74, 6) is -1.41. The number of Topliss-reactive ketones (excluding diaryl/α,β-unsaturated/α-hetero) is 1. The highest BCUT2D eigenvalue weighted by Crippen LogP contribution is 2.20. The largest absolute Gasteiger partial charge is 0.454 e. The van der Waals surface area contributed by atoms with Gasteiger partial charge in [0, 0.05) is 31.3 Å². The SMILES string of the molecule is Cc1ccc(C(=O)COC(=O)c2ccc(S(=O)(=O)N(C)C)cc2)cc1[N+](=O)[O-]. The Hall–Kier alpha value is -3.11. The summed E-state index contributed by atoms with van der Waals surface area (Å²) in [6.45, 7) is 0.948. The van der Waals surface area contributed by atoms with E-state index >= 15 is 0 Å².